The minimum Gasteiger partial charge on any atom is -0.349 e. The lowest BCUT2D eigenvalue weighted by atomic mass is 10.0. The molecule has 2 aromatic carbocycles. The second-order valence-electron chi connectivity index (χ2n) is 7.80. The zero-order valence-corrected chi connectivity index (χ0v) is 18.7. The summed E-state index contributed by atoms with van der Waals surface area (Å²) in [6.45, 7) is 0. The highest BCUT2D eigenvalue weighted by atomic mass is 35.5. The number of benzodiazepines with no additional fused rings is 1. The van der Waals surface area contributed by atoms with Crippen LogP contribution in [0.5, 0.6) is 0 Å². The zero-order chi connectivity index (χ0) is 21.3. The molecule has 5 nitrogen and oxygen atoms in total. The van der Waals surface area contributed by atoms with Gasteiger partial charge in [-0.2, -0.15) is 0 Å². The van der Waals surface area contributed by atoms with Gasteiger partial charge in [-0.15, -0.1) is 0 Å². The third-order valence-corrected chi connectivity index (χ3v) is 6.54. The molecule has 1 fully saturated rings. The second kappa shape index (κ2) is 8.74. The number of benzene rings is 2. The Morgan fingerprint density at radius 1 is 1.20 bits per heavy atom. The van der Waals surface area contributed by atoms with Gasteiger partial charge in [-0.05, 0) is 43.3 Å². The number of rotatable bonds is 3. The summed E-state index contributed by atoms with van der Waals surface area (Å²) in [5, 5.41) is 4.36. The Balaban J connectivity index is 1.73. The molecule has 1 N–H and O–H groups in total. The van der Waals surface area contributed by atoms with Crippen molar-refractivity contribution in [2.24, 2.45) is 4.99 Å². The predicted molar refractivity (Wildman–Crippen MR) is 126 cm³/mol. The van der Waals surface area contributed by atoms with E-state index in [1.54, 1.807) is 18.0 Å². The number of thiocarbonyl (C=S) groups is 1. The van der Waals surface area contributed by atoms with E-state index < -0.39 is 6.17 Å². The van der Waals surface area contributed by atoms with Gasteiger partial charge >= 0.3 is 0 Å². The molecule has 0 saturated heterocycles. The molecule has 0 bridgehead atoms. The molecule has 1 heterocycles. The molecule has 4 rings (SSSR count). The Morgan fingerprint density at radius 2 is 1.90 bits per heavy atom. The van der Waals surface area contributed by atoms with E-state index in [2.05, 4.69) is 10.2 Å². The number of fused-ring (bicyclic) bond motifs is 1. The van der Waals surface area contributed by atoms with Gasteiger partial charge in [0.2, 0.25) is 6.17 Å². The van der Waals surface area contributed by atoms with Crippen LogP contribution in [-0.2, 0) is 4.79 Å². The molecule has 30 heavy (non-hydrogen) atoms. The normalized spacial score (nSPS) is 19.2. The first-order valence-corrected chi connectivity index (χ1v) is 11.0. The number of aliphatic imine (C=N–C) groups is 1. The number of nitrogens with zero attached hydrogens (tertiary/aromatic N) is 3. The standard InChI is InChI=1S/C23H25ClN4OS/c1-27(17-10-6-7-11-17)23(30)26-21-22(29)28(2)19-13-12-16(24)14-18(19)20(25-21)15-8-4-3-5-9-15/h3-5,8-9,12-14,17,21H,6-7,10-11H2,1-2H3,(H,26,30). The SMILES string of the molecule is CN1C(=O)C(NC(=S)N(C)C2CCCC2)N=C(c2ccccc2)c2cc(Cl)ccc21. The van der Waals surface area contributed by atoms with Gasteiger partial charge in [0.1, 0.15) is 0 Å². The number of hydrogen-bond acceptors (Lipinski definition) is 3. The Morgan fingerprint density at radius 3 is 2.60 bits per heavy atom. The molecule has 1 saturated carbocycles. The number of anilines is 1. The monoisotopic (exact) mass is 440 g/mol. The van der Waals surface area contributed by atoms with Crippen LogP contribution in [0.25, 0.3) is 0 Å². The fourth-order valence-corrected chi connectivity index (χ4v) is 4.58. The summed E-state index contributed by atoms with van der Waals surface area (Å²) in [5.74, 6) is -0.160. The second-order valence-corrected chi connectivity index (χ2v) is 8.63. The topological polar surface area (TPSA) is 47.9 Å². The van der Waals surface area contributed by atoms with E-state index in [1.165, 1.54) is 12.8 Å². The van der Waals surface area contributed by atoms with Crippen LogP contribution in [0.1, 0.15) is 36.8 Å². The van der Waals surface area contributed by atoms with Crippen LogP contribution >= 0.6 is 23.8 Å². The lowest BCUT2D eigenvalue weighted by Crippen LogP contribution is -2.51. The van der Waals surface area contributed by atoms with Crippen molar-refractivity contribution in [3.05, 3.63) is 64.7 Å². The van der Waals surface area contributed by atoms with E-state index in [9.17, 15) is 4.79 Å². The van der Waals surface area contributed by atoms with Gasteiger partial charge in [0.25, 0.3) is 5.91 Å². The van der Waals surface area contributed by atoms with Gasteiger partial charge < -0.3 is 15.1 Å². The molecule has 7 heteroatoms. The molecule has 1 amide bonds. The van der Waals surface area contributed by atoms with Crippen molar-refractivity contribution in [2.45, 2.75) is 37.9 Å². The number of amides is 1. The largest absolute Gasteiger partial charge is 0.349 e. The molecular weight excluding hydrogens is 416 g/mol. The Labute approximate surface area is 187 Å². The van der Waals surface area contributed by atoms with Gasteiger partial charge in [0.05, 0.1) is 11.4 Å². The highest BCUT2D eigenvalue weighted by molar-refractivity contribution is 7.80. The summed E-state index contributed by atoms with van der Waals surface area (Å²) < 4.78 is 0. The van der Waals surface area contributed by atoms with Crippen LogP contribution < -0.4 is 10.2 Å². The fourth-order valence-electron chi connectivity index (χ4n) is 4.14. The van der Waals surface area contributed by atoms with Crippen LogP contribution in [-0.4, -0.2) is 47.9 Å². The highest BCUT2D eigenvalue weighted by Gasteiger charge is 2.32. The van der Waals surface area contributed by atoms with Crippen LogP contribution in [0.15, 0.2) is 53.5 Å². The number of carbonyl (C=O) groups excluding carboxylic acids is 1. The molecule has 156 valence electrons. The van der Waals surface area contributed by atoms with E-state index in [1.807, 2.05) is 49.5 Å². The lowest BCUT2D eigenvalue weighted by molar-refractivity contribution is -0.119. The van der Waals surface area contributed by atoms with Crippen molar-refractivity contribution < 1.29 is 4.79 Å². The number of nitrogens with one attached hydrogen (secondary N) is 1. The average molecular weight is 441 g/mol. The van der Waals surface area contributed by atoms with Crippen molar-refractivity contribution in [1.82, 2.24) is 10.2 Å². The maximum Gasteiger partial charge on any atom is 0.272 e. The molecule has 2 aromatic rings. The van der Waals surface area contributed by atoms with Gasteiger partial charge in [0.15, 0.2) is 5.11 Å². The van der Waals surface area contributed by atoms with Crippen molar-refractivity contribution >= 4 is 46.2 Å². The Kier molecular flexibility index (Phi) is 6.06. The van der Waals surface area contributed by atoms with Gasteiger partial charge in [-0.3, -0.25) is 4.79 Å². The summed E-state index contributed by atoms with van der Waals surface area (Å²) in [6, 6.07) is 15.8. The average Bonchev–Trinajstić information content (AvgIpc) is 3.27. The molecular formula is C23H25ClN4OS. The van der Waals surface area contributed by atoms with Crippen molar-refractivity contribution in [1.29, 1.82) is 0 Å². The summed E-state index contributed by atoms with van der Waals surface area (Å²) >= 11 is 11.9. The van der Waals surface area contributed by atoms with Crippen molar-refractivity contribution in [3.8, 4) is 0 Å². The first kappa shape index (κ1) is 20.8. The first-order chi connectivity index (χ1) is 14.5. The van der Waals surface area contributed by atoms with E-state index in [0.717, 1.165) is 35.4 Å². The molecule has 1 atom stereocenters. The molecule has 0 radical (unpaired) electrons. The Bertz CT molecular complexity index is 988. The number of halogens is 1. The Hall–Kier alpha value is -2.44. The number of hydrogen-bond donors (Lipinski definition) is 1. The fraction of sp³-hybridized carbons (Fsp3) is 0.348. The minimum atomic E-state index is -0.812. The van der Waals surface area contributed by atoms with E-state index in [4.69, 9.17) is 28.8 Å². The third-order valence-electron chi connectivity index (χ3n) is 5.90. The zero-order valence-electron chi connectivity index (χ0n) is 17.1. The smallest absolute Gasteiger partial charge is 0.272 e. The van der Waals surface area contributed by atoms with Gasteiger partial charge in [0, 0.05) is 36.3 Å². The van der Waals surface area contributed by atoms with E-state index in [-0.39, 0.29) is 5.91 Å². The first-order valence-electron chi connectivity index (χ1n) is 10.2. The molecule has 1 unspecified atom stereocenters. The molecule has 0 aromatic heterocycles. The molecule has 0 spiro atoms. The summed E-state index contributed by atoms with van der Waals surface area (Å²) in [4.78, 5) is 21.8. The van der Waals surface area contributed by atoms with Crippen molar-refractivity contribution in [2.75, 3.05) is 19.0 Å². The van der Waals surface area contributed by atoms with E-state index >= 15 is 0 Å². The third kappa shape index (κ3) is 4.07. The maximum absolute atomic E-state index is 13.3. The lowest BCUT2D eigenvalue weighted by Gasteiger charge is -2.29. The molecule has 1 aliphatic carbocycles. The predicted octanol–water partition coefficient (Wildman–Crippen LogP) is 4.23. The molecule has 1 aliphatic heterocycles. The summed E-state index contributed by atoms with van der Waals surface area (Å²) in [6.07, 6.45) is 3.87. The number of carbonyl (C=O) groups is 1. The highest BCUT2D eigenvalue weighted by Crippen LogP contribution is 2.30. The van der Waals surface area contributed by atoms with Gasteiger partial charge in [-0.1, -0.05) is 54.8 Å². The van der Waals surface area contributed by atoms with Crippen LogP contribution in [0, 0.1) is 0 Å². The van der Waals surface area contributed by atoms with E-state index in [0.29, 0.717) is 16.2 Å². The van der Waals surface area contributed by atoms with Crippen LogP contribution in [0.3, 0.4) is 0 Å². The van der Waals surface area contributed by atoms with Crippen molar-refractivity contribution in [3.63, 3.8) is 0 Å². The molecule has 2 aliphatic rings. The van der Waals surface area contributed by atoms with Gasteiger partial charge in [-0.25, -0.2) is 4.99 Å². The van der Waals surface area contributed by atoms with Crippen LogP contribution in [0.4, 0.5) is 5.69 Å². The summed E-state index contributed by atoms with van der Waals surface area (Å²) in [7, 11) is 3.75. The quantitative estimate of drug-likeness (QED) is 0.725. The minimum absolute atomic E-state index is 0.160. The number of likely N-dealkylation sites (N-methyl/N-ethyl adjacent to an activating group) is 1. The summed E-state index contributed by atoms with van der Waals surface area (Å²) in [5.41, 5.74) is 3.23. The van der Waals surface area contributed by atoms with Crippen LogP contribution in [0.2, 0.25) is 5.02 Å². The maximum atomic E-state index is 13.3.